The number of hydrogen-bond donors (Lipinski definition) is 1. The first-order valence-electron chi connectivity index (χ1n) is 3.74. The highest BCUT2D eigenvalue weighted by atomic mass is 35.5. The molecule has 6 heteroatoms. The van der Waals surface area contributed by atoms with Crippen molar-refractivity contribution in [3.8, 4) is 0 Å². The van der Waals surface area contributed by atoms with Crippen LogP contribution in [-0.2, 0) is 9.84 Å². The first kappa shape index (κ1) is 13.4. The lowest BCUT2D eigenvalue weighted by Crippen LogP contribution is -2.15. The Morgan fingerprint density at radius 3 is 2.50 bits per heavy atom. The number of sulfone groups is 1. The zero-order valence-electron chi connectivity index (χ0n) is 7.31. The fraction of sp³-hybridized carbons (Fsp3) is 0.250. The van der Waals surface area contributed by atoms with Crippen molar-refractivity contribution in [2.75, 3.05) is 12.3 Å². The third-order valence-corrected chi connectivity index (χ3v) is 3.29. The van der Waals surface area contributed by atoms with Crippen molar-refractivity contribution in [2.45, 2.75) is 4.90 Å². The summed E-state index contributed by atoms with van der Waals surface area (Å²) in [5, 5.41) is 0. The summed E-state index contributed by atoms with van der Waals surface area (Å²) in [5.41, 5.74) is 5.12. The lowest BCUT2D eigenvalue weighted by molar-refractivity contribution is 0.590. The van der Waals surface area contributed by atoms with Gasteiger partial charge in [0.15, 0.2) is 9.84 Å². The third kappa shape index (κ3) is 3.25. The molecule has 0 amide bonds. The van der Waals surface area contributed by atoms with E-state index in [9.17, 15) is 12.8 Å². The minimum Gasteiger partial charge on any atom is -0.329 e. The van der Waals surface area contributed by atoms with E-state index in [2.05, 4.69) is 0 Å². The van der Waals surface area contributed by atoms with Gasteiger partial charge < -0.3 is 5.73 Å². The second kappa shape index (κ2) is 5.29. The van der Waals surface area contributed by atoms with Gasteiger partial charge in [0.2, 0.25) is 0 Å². The molecule has 0 heterocycles. The molecule has 0 radical (unpaired) electrons. The standard InChI is InChI=1S/C8H10FNO2S.ClH/c9-7-2-1-3-8(6-7)13(11,12)5-4-10;/h1-3,6H,4-5,10H2;1H. The summed E-state index contributed by atoms with van der Waals surface area (Å²) in [6, 6.07) is 4.90. The number of hydrogen-bond acceptors (Lipinski definition) is 3. The van der Waals surface area contributed by atoms with Gasteiger partial charge in [-0.25, -0.2) is 12.8 Å². The Morgan fingerprint density at radius 1 is 1.36 bits per heavy atom. The molecule has 0 aromatic heterocycles. The number of rotatable bonds is 3. The molecule has 0 aliphatic rings. The SMILES string of the molecule is Cl.NCCS(=O)(=O)c1cccc(F)c1. The average Bonchev–Trinajstić information content (AvgIpc) is 2.04. The van der Waals surface area contributed by atoms with Crippen LogP contribution in [0.25, 0.3) is 0 Å². The molecular formula is C8H11ClFNO2S. The predicted molar refractivity (Wildman–Crippen MR) is 54.8 cm³/mol. The Kier molecular flexibility index (Phi) is 5.04. The van der Waals surface area contributed by atoms with Crippen LogP contribution in [0, 0.1) is 5.82 Å². The quantitative estimate of drug-likeness (QED) is 0.856. The van der Waals surface area contributed by atoms with Gasteiger partial charge in [-0.05, 0) is 18.2 Å². The summed E-state index contributed by atoms with van der Waals surface area (Å²) in [4.78, 5) is -0.0158. The van der Waals surface area contributed by atoms with Crippen LogP contribution in [0.1, 0.15) is 0 Å². The van der Waals surface area contributed by atoms with E-state index in [4.69, 9.17) is 5.73 Å². The second-order valence-electron chi connectivity index (χ2n) is 2.56. The van der Waals surface area contributed by atoms with Crippen molar-refractivity contribution in [1.29, 1.82) is 0 Å². The molecule has 0 fully saturated rings. The van der Waals surface area contributed by atoms with E-state index in [1.807, 2.05) is 0 Å². The molecule has 1 rings (SSSR count). The molecule has 0 spiro atoms. The maximum atomic E-state index is 12.6. The summed E-state index contributed by atoms with van der Waals surface area (Å²) >= 11 is 0. The molecule has 0 bridgehead atoms. The summed E-state index contributed by atoms with van der Waals surface area (Å²) in [7, 11) is -3.40. The van der Waals surface area contributed by atoms with E-state index in [1.165, 1.54) is 18.2 Å². The zero-order chi connectivity index (χ0) is 9.90. The van der Waals surface area contributed by atoms with Crippen molar-refractivity contribution in [3.63, 3.8) is 0 Å². The van der Waals surface area contributed by atoms with Crippen molar-refractivity contribution in [3.05, 3.63) is 30.1 Å². The van der Waals surface area contributed by atoms with Crippen molar-refractivity contribution < 1.29 is 12.8 Å². The van der Waals surface area contributed by atoms with Crippen LogP contribution in [0.4, 0.5) is 4.39 Å². The second-order valence-corrected chi connectivity index (χ2v) is 4.67. The predicted octanol–water partition coefficient (Wildman–Crippen LogP) is 0.980. The van der Waals surface area contributed by atoms with E-state index in [1.54, 1.807) is 0 Å². The maximum absolute atomic E-state index is 12.6. The topological polar surface area (TPSA) is 60.2 Å². The zero-order valence-corrected chi connectivity index (χ0v) is 8.94. The van der Waals surface area contributed by atoms with Crippen LogP contribution >= 0.6 is 12.4 Å². The van der Waals surface area contributed by atoms with Gasteiger partial charge in [0.1, 0.15) is 5.82 Å². The van der Waals surface area contributed by atoms with E-state index in [-0.39, 0.29) is 29.6 Å². The molecule has 0 saturated carbocycles. The fourth-order valence-corrected chi connectivity index (χ4v) is 2.06. The third-order valence-electron chi connectivity index (χ3n) is 1.54. The monoisotopic (exact) mass is 239 g/mol. The first-order chi connectivity index (χ1) is 6.06. The van der Waals surface area contributed by atoms with E-state index < -0.39 is 15.7 Å². The smallest absolute Gasteiger partial charge is 0.179 e. The molecule has 3 nitrogen and oxygen atoms in total. The van der Waals surface area contributed by atoms with Gasteiger partial charge in [-0.3, -0.25) is 0 Å². The summed E-state index contributed by atoms with van der Waals surface area (Å²) < 4.78 is 35.3. The molecule has 0 aliphatic heterocycles. The lowest BCUT2D eigenvalue weighted by Gasteiger charge is -2.01. The largest absolute Gasteiger partial charge is 0.329 e. The molecule has 14 heavy (non-hydrogen) atoms. The molecule has 1 aromatic carbocycles. The summed E-state index contributed by atoms with van der Waals surface area (Å²) in [5.74, 6) is -0.714. The Labute approximate surface area is 88.4 Å². The Balaban J connectivity index is 0.00000169. The van der Waals surface area contributed by atoms with Gasteiger partial charge in [0.05, 0.1) is 10.6 Å². The fourth-order valence-electron chi connectivity index (χ4n) is 0.933. The van der Waals surface area contributed by atoms with Gasteiger partial charge >= 0.3 is 0 Å². The number of halogens is 2. The maximum Gasteiger partial charge on any atom is 0.179 e. The minimum absolute atomic E-state index is 0. The number of nitrogens with two attached hydrogens (primary N) is 1. The molecule has 0 aliphatic carbocycles. The molecule has 0 atom stereocenters. The lowest BCUT2D eigenvalue weighted by atomic mass is 10.4. The summed E-state index contributed by atoms with van der Waals surface area (Å²) in [6.45, 7) is 0.0405. The molecule has 80 valence electrons. The highest BCUT2D eigenvalue weighted by Crippen LogP contribution is 2.11. The molecule has 1 aromatic rings. The van der Waals surface area contributed by atoms with Gasteiger partial charge in [0, 0.05) is 6.54 Å². The molecule has 0 saturated heterocycles. The Hall–Kier alpha value is -0.650. The minimum atomic E-state index is -3.40. The van der Waals surface area contributed by atoms with Crippen LogP contribution in [0.3, 0.4) is 0 Å². The van der Waals surface area contributed by atoms with Gasteiger partial charge in [-0.15, -0.1) is 12.4 Å². The van der Waals surface area contributed by atoms with Gasteiger partial charge in [-0.2, -0.15) is 0 Å². The van der Waals surface area contributed by atoms with Crippen molar-refractivity contribution in [1.82, 2.24) is 0 Å². The van der Waals surface area contributed by atoms with E-state index in [0.717, 1.165) is 6.07 Å². The highest BCUT2D eigenvalue weighted by molar-refractivity contribution is 7.91. The van der Waals surface area contributed by atoms with Gasteiger partial charge in [-0.1, -0.05) is 6.07 Å². The van der Waals surface area contributed by atoms with Gasteiger partial charge in [0.25, 0.3) is 0 Å². The summed E-state index contributed by atoms with van der Waals surface area (Å²) in [6.07, 6.45) is 0. The van der Waals surface area contributed by atoms with Crippen LogP contribution < -0.4 is 5.73 Å². The normalized spacial score (nSPS) is 10.7. The van der Waals surface area contributed by atoms with Crippen molar-refractivity contribution in [2.24, 2.45) is 5.73 Å². The average molecular weight is 240 g/mol. The van der Waals surface area contributed by atoms with Crippen LogP contribution in [0.5, 0.6) is 0 Å². The van der Waals surface area contributed by atoms with E-state index in [0.29, 0.717) is 0 Å². The Bertz CT molecular complexity index is 394. The molecular weight excluding hydrogens is 229 g/mol. The van der Waals surface area contributed by atoms with E-state index >= 15 is 0 Å². The first-order valence-corrected chi connectivity index (χ1v) is 5.40. The van der Waals surface area contributed by atoms with Crippen LogP contribution in [-0.4, -0.2) is 20.7 Å². The Morgan fingerprint density at radius 2 is 2.00 bits per heavy atom. The van der Waals surface area contributed by atoms with Crippen LogP contribution in [0.2, 0.25) is 0 Å². The molecule has 2 N–H and O–H groups in total. The highest BCUT2D eigenvalue weighted by Gasteiger charge is 2.12. The van der Waals surface area contributed by atoms with Crippen molar-refractivity contribution >= 4 is 22.2 Å². The van der Waals surface area contributed by atoms with Crippen LogP contribution in [0.15, 0.2) is 29.2 Å². The number of benzene rings is 1. The molecule has 0 unspecified atom stereocenters.